The number of nitrogens with one attached hydrogen (secondary N) is 1. The highest BCUT2D eigenvalue weighted by molar-refractivity contribution is 5.73. The molecule has 3 heterocycles. The molecule has 0 fully saturated rings. The molecule has 4 aromatic rings. The predicted molar refractivity (Wildman–Crippen MR) is 103 cm³/mol. The van der Waals surface area contributed by atoms with E-state index in [1.54, 1.807) is 0 Å². The molecular formula is C21H21N3O3. The van der Waals surface area contributed by atoms with Crippen molar-refractivity contribution in [3.63, 3.8) is 0 Å². The Morgan fingerprint density at radius 3 is 2.67 bits per heavy atom. The van der Waals surface area contributed by atoms with Crippen LogP contribution in [0.4, 0.5) is 5.82 Å². The first-order valence-corrected chi connectivity index (χ1v) is 8.76. The summed E-state index contributed by atoms with van der Waals surface area (Å²) in [6.07, 6.45) is 1.98. The second-order valence-electron chi connectivity index (χ2n) is 6.25. The van der Waals surface area contributed by atoms with Crippen molar-refractivity contribution in [2.45, 2.75) is 20.1 Å². The Balaban J connectivity index is 1.73. The fourth-order valence-electron chi connectivity index (χ4n) is 2.99. The number of benzene rings is 1. The maximum Gasteiger partial charge on any atom is 0.156 e. The van der Waals surface area contributed by atoms with Gasteiger partial charge in [0.2, 0.25) is 0 Å². The van der Waals surface area contributed by atoms with Crippen LogP contribution in [0, 0.1) is 6.92 Å². The topological polar surface area (TPSA) is 60.9 Å². The van der Waals surface area contributed by atoms with Gasteiger partial charge < -0.3 is 9.73 Å². The van der Waals surface area contributed by atoms with Crippen molar-refractivity contribution in [3.05, 3.63) is 77.7 Å². The van der Waals surface area contributed by atoms with E-state index >= 15 is 0 Å². The van der Waals surface area contributed by atoms with E-state index in [0.717, 1.165) is 34.2 Å². The molecule has 0 amide bonds. The Morgan fingerprint density at radius 1 is 1.07 bits per heavy atom. The van der Waals surface area contributed by atoms with Crippen LogP contribution in [0.2, 0.25) is 0 Å². The number of anilines is 1. The summed E-state index contributed by atoms with van der Waals surface area (Å²) in [6.45, 7) is 2.98. The Bertz CT molecular complexity index is 1040. The highest BCUT2D eigenvalue weighted by Crippen LogP contribution is 2.31. The van der Waals surface area contributed by atoms with Crippen LogP contribution < -0.4 is 5.32 Å². The minimum Gasteiger partial charge on any atom is -0.460 e. The number of furan rings is 1. The first-order valence-electron chi connectivity index (χ1n) is 8.76. The quantitative estimate of drug-likeness (QED) is 0.384. The van der Waals surface area contributed by atoms with E-state index in [-0.39, 0.29) is 0 Å². The molecule has 6 heteroatoms. The van der Waals surface area contributed by atoms with Crippen LogP contribution in [0.25, 0.3) is 17.1 Å². The van der Waals surface area contributed by atoms with Crippen molar-refractivity contribution in [1.82, 2.24) is 9.38 Å². The molecule has 0 aliphatic carbocycles. The van der Waals surface area contributed by atoms with Gasteiger partial charge in [0.05, 0.1) is 7.11 Å². The van der Waals surface area contributed by atoms with Crippen LogP contribution in [0.5, 0.6) is 0 Å². The first kappa shape index (κ1) is 17.3. The molecular weight excluding hydrogens is 342 g/mol. The molecule has 0 aliphatic rings. The van der Waals surface area contributed by atoms with E-state index in [1.165, 1.54) is 12.7 Å². The summed E-state index contributed by atoms with van der Waals surface area (Å²) in [4.78, 5) is 14.5. The van der Waals surface area contributed by atoms with Crippen LogP contribution in [0.1, 0.15) is 16.9 Å². The van der Waals surface area contributed by atoms with Crippen LogP contribution in [0.3, 0.4) is 0 Å². The molecule has 0 saturated heterocycles. The van der Waals surface area contributed by atoms with Crippen LogP contribution in [0.15, 0.2) is 65.2 Å². The fourth-order valence-corrected chi connectivity index (χ4v) is 2.99. The third-order valence-corrected chi connectivity index (χ3v) is 4.31. The second kappa shape index (κ2) is 7.65. The SMILES string of the molecule is COOCc1ccn2c(NCc3ccccc3)c(-c3ccc(C)o3)nc2c1. The van der Waals surface area contributed by atoms with E-state index < -0.39 is 0 Å². The summed E-state index contributed by atoms with van der Waals surface area (Å²) in [7, 11) is 1.50. The number of hydrogen-bond donors (Lipinski definition) is 1. The highest BCUT2D eigenvalue weighted by Gasteiger charge is 2.17. The number of imidazole rings is 1. The molecule has 27 heavy (non-hydrogen) atoms. The molecule has 1 N–H and O–H groups in total. The van der Waals surface area contributed by atoms with Crippen LogP contribution >= 0.6 is 0 Å². The van der Waals surface area contributed by atoms with Gasteiger partial charge in [0.15, 0.2) is 5.76 Å². The number of fused-ring (bicyclic) bond motifs is 1. The van der Waals surface area contributed by atoms with E-state index in [4.69, 9.17) is 19.2 Å². The number of hydrogen-bond acceptors (Lipinski definition) is 5. The van der Waals surface area contributed by atoms with Gasteiger partial charge in [-0.05, 0) is 42.3 Å². The number of aryl methyl sites for hydroxylation is 1. The fraction of sp³-hybridized carbons (Fsp3) is 0.190. The van der Waals surface area contributed by atoms with Gasteiger partial charge in [0.25, 0.3) is 0 Å². The third kappa shape index (κ3) is 3.72. The summed E-state index contributed by atoms with van der Waals surface area (Å²) in [5.41, 5.74) is 3.76. The Labute approximate surface area is 157 Å². The molecule has 4 rings (SSSR count). The molecule has 6 nitrogen and oxygen atoms in total. The molecule has 3 aromatic heterocycles. The molecule has 0 atom stereocenters. The highest BCUT2D eigenvalue weighted by atomic mass is 17.2. The van der Waals surface area contributed by atoms with Gasteiger partial charge in [-0.2, -0.15) is 0 Å². The molecule has 0 radical (unpaired) electrons. The summed E-state index contributed by atoms with van der Waals surface area (Å²) in [6, 6.07) is 18.1. The Kier molecular flexibility index (Phi) is 4.91. The number of nitrogens with zero attached hydrogens (tertiary/aromatic N) is 2. The standard InChI is InChI=1S/C21H21N3O3/c1-15-8-9-18(27-15)20-21(22-13-16-6-4-3-5-7-16)24-11-10-17(14-26-25-2)12-19(24)23-20/h3-12,22H,13-14H2,1-2H3. The molecule has 138 valence electrons. The minimum atomic E-state index is 0.363. The van der Waals surface area contributed by atoms with Gasteiger partial charge in [0, 0.05) is 12.7 Å². The van der Waals surface area contributed by atoms with Crippen molar-refractivity contribution in [2.24, 2.45) is 0 Å². The van der Waals surface area contributed by atoms with Gasteiger partial charge in [-0.15, -0.1) is 0 Å². The van der Waals surface area contributed by atoms with Crippen molar-refractivity contribution in [2.75, 3.05) is 12.4 Å². The lowest BCUT2D eigenvalue weighted by Crippen LogP contribution is -2.03. The maximum absolute atomic E-state index is 5.83. The zero-order chi connectivity index (χ0) is 18.6. The van der Waals surface area contributed by atoms with E-state index in [1.807, 2.05) is 60.0 Å². The predicted octanol–water partition coefficient (Wildman–Crippen LogP) is 4.59. The van der Waals surface area contributed by atoms with Gasteiger partial charge in [-0.1, -0.05) is 30.3 Å². The summed E-state index contributed by atoms with van der Waals surface area (Å²) >= 11 is 0. The number of pyridine rings is 1. The monoisotopic (exact) mass is 363 g/mol. The van der Waals surface area contributed by atoms with Gasteiger partial charge in [-0.25, -0.2) is 14.8 Å². The summed E-state index contributed by atoms with van der Waals surface area (Å²) in [5, 5.41) is 3.51. The van der Waals surface area contributed by atoms with E-state index in [0.29, 0.717) is 13.2 Å². The molecule has 1 aromatic carbocycles. The van der Waals surface area contributed by atoms with E-state index in [2.05, 4.69) is 17.4 Å². The van der Waals surface area contributed by atoms with Crippen molar-refractivity contribution < 1.29 is 14.2 Å². The van der Waals surface area contributed by atoms with Gasteiger partial charge >= 0.3 is 0 Å². The first-order chi connectivity index (χ1) is 13.2. The Hall–Kier alpha value is -3.09. The molecule has 0 spiro atoms. The van der Waals surface area contributed by atoms with E-state index in [9.17, 15) is 0 Å². The van der Waals surface area contributed by atoms with Gasteiger partial charge in [-0.3, -0.25) is 4.40 Å². The molecule has 0 saturated carbocycles. The average Bonchev–Trinajstić information content (AvgIpc) is 3.28. The minimum absolute atomic E-state index is 0.363. The van der Waals surface area contributed by atoms with Crippen molar-refractivity contribution in [3.8, 4) is 11.5 Å². The molecule has 0 bridgehead atoms. The molecule has 0 aliphatic heterocycles. The van der Waals surface area contributed by atoms with Crippen LogP contribution in [-0.4, -0.2) is 16.5 Å². The lowest BCUT2D eigenvalue weighted by Gasteiger charge is -2.08. The lowest BCUT2D eigenvalue weighted by atomic mass is 10.2. The largest absolute Gasteiger partial charge is 0.460 e. The third-order valence-electron chi connectivity index (χ3n) is 4.31. The second-order valence-corrected chi connectivity index (χ2v) is 6.25. The smallest absolute Gasteiger partial charge is 0.156 e. The molecule has 0 unspecified atom stereocenters. The lowest BCUT2D eigenvalue weighted by molar-refractivity contribution is -0.282. The van der Waals surface area contributed by atoms with Crippen molar-refractivity contribution in [1.29, 1.82) is 0 Å². The summed E-state index contributed by atoms with van der Waals surface area (Å²) < 4.78 is 7.85. The normalized spacial score (nSPS) is 11.2. The Morgan fingerprint density at radius 2 is 1.93 bits per heavy atom. The average molecular weight is 363 g/mol. The maximum atomic E-state index is 5.83. The zero-order valence-corrected chi connectivity index (χ0v) is 15.3. The number of rotatable bonds is 7. The van der Waals surface area contributed by atoms with Gasteiger partial charge in [0.1, 0.15) is 29.5 Å². The van der Waals surface area contributed by atoms with Crippen LogP contribution in [-0.2, 0) is 22.9 Å². The van der Waals surface area contributed by atoms with Crippen molar-refractivity contribution >= 4 is 11.5 Å². The summed E-state index contributed by atoms with van der Waals surface area (Å²) in [5.74, 6) is 2.48. The zero-order valence-electron chi connectivity index (χ0n) is 15.3. The number of aromatic nitrogens is 2.